The maximum atomic E-state index is 13.2. The Morgan fingerprint density at radius 1 is 1.17 bits per heavy atom. The first-order chi connectivity index (χ1) is 16.9. The molecular weight excluding hydrogens is 557 g/mol. The van der Waals surface area contributed by atoms with Crippen LogP contribution in [0.2, 0.25) is 15.1 Å². The molecule has 190 valence electrons. The van der Waals surface area contributed by atoms with E-state index in [1.165, 1.54) is 30.3 Å². The number of piperidine rings is 1. The summed E-state index contributed by atoms with van der Waals surface area (Å²) in [7, 11) is -4.17. The number of aromatic carboxylic acids is 1. The summed E-state index contributed by atoms with van der Waals surface area (Å²) < 4.78 is 33.0. The maximum absolute atomic E-state index is 13.2. The predicted octanol–water partition coefficient (Wildman–Crippen LogP) is 5.65. The number of carboxylic acid groups (broad SMARTS) is 1. The van der Waals surface area contributed by atoms with E-state index in [-0.39, 0.29) is 63.6 Å². The van der Waals surface area contributed by atoms with E-state index in [0.717, 1.165) is 10.4 Å². The van der Waals surface area contributed by atoms with Gasteiger partial charge in [-0.2, -0.15) is 4.31 Å². The third-order valence-corrected chi connectivity index (χ3v) is 8.96. The highest BCUT2D eigenvalue weighted by Gasteiger charge is 2.44. The molecule has 1 aromatic heterocycles. The van der Waals surface area contributed by atoms with Gasteiger partial charge in [-0.05, 0) is 31.0 Å². The third kappa shape index (κ3) is 4.57. The fourth-order valence-electron chi connectivity index (χ4n) is 4.25. The van der Waals surface area contributed by atoms with E-state index in [2.05, 4.69) is 5.16 Å². The summed E-state index contributed by atoms with van der Waals surface area (Å²) in [5, 5.41) is 25.7. The quantitative estimate of drug-likeness (QED) is 0.294. The van der Waals surface area contributed by atoms with Crippen molar-refractivity contribution in [3.63, 3.8) is 0 Å². The molecule has 36 heavy (non-hydrogen) atoms. The lowest BCUT2D eigenvalue weighted by Gasteiger charge is -2.37. The van der Waals surface area contributed by atoms with Gasteiger partial charge in [-0.1, -0.05) is 59.0 Å². The number of nitro benzene ring substituents is 1. The fraction of sp³-hybridized carbons (Fsp3) is 0.273. The summed E-state index contributed by atoms with van der Waals surface area (Å²) >= 11 is 18.5. The minimum atomic E-state index is -4.17. The number of hydrogen-bond donors (Lipinski definition) is 1. The number of carboxylic acids is 1. The zero-order chi connectivity index (χ0) is 26.4. The first-order valence-electron chi connectivity index (χ1n) is 10.5. The highest BCUT2D eigenvalue weighted by molar-refractivity contribution is 7.89. The molecule has 1 aliphatic rings. The van der Waals surface area contributed by atoms with Gasteiger partial charge in [-0.15, -0.1) is 0 Å². The Morgan fingerprint density at radius 2 is 1.75 bits per heavy atom. The number of hydrogen-bond acceptors (Lipinski definition) is 7. The molecule has 0 unspecified atom stereocenters. The Bertz CT molecular complexity index is 1460. The summed E-state index contributed by atoms with van der Waals surface area (Å²) in [6.07, 6.45) is 0.341. The van der Waals surface area contributed by atoms with E-state index < -0.39 is 36.9 Å². The number of nitrogens with zero attached hydrogens (tertiary/aromatic N) is 3. The number of benzene rings is 2. The van der Waals surface area contributed by atoms with E-state index in [1.807, 2.05) is 0 Å². The smallest absolute Gasteiger partial charge is 0.341 e. The molecule has 0 amide bonds. The van der Waals surface area contributed by atoms with Crippen LogP contribution in [0.15, 0.2) is 45.8 Å². The molecule has 0 saturated carbocycles. The Kier molecular flexibility index (Phi) is 7.06. The van der Waals surface area contributed by atoms with E-state index in [4.69, 9.17) is 39.3 Å². The van der Waals surface area contributed by atoms with Crippen LogP contribution >= 0.6 is 34.8 Å². The van der Waals surface area contributed by atoms with Crippen molar-refractivity contribution in [1.29, 1.82) is 0 Å². The first kappa shape index (κ1) is 26.4. The molecule has 1 fully saturated rings. The van der Waals surface area contributed by atoms with Gasteiger partial charge in [0.2, 0.25) is 10.0 Å². The highest BCUT2D eigenvalue weighted by Crippen LogP contribution is 2.44. The lowest BCUT2D eigenvalue weighted by atomic mass is 9.77. The van der Waals surface area contributed by atoms with Gasteiger partial charge >= 0.3 is 5.97 Å². The van der Waals surface area contributed by atoms with E-state index >= 15 is 0 Å². The largest absolute Gasteiger partial charge is 0.477 e. The lowest BCUT2D eigenvalue weighted by molar-refractivity contribution is -0.387. The predicted molar refractivity (Wildman–Crippen MR) is 132 cm³/mol. The zero-order valence-corrected chi connectivity index (χ0v) is 21.7. The van der Waals surface area contributed by atoms with Crippen molar-refractivity contribution in [2.45, 2.75) is 30.1 Å². The van der Waals surface area contributed by atoms with Crippen LogP contribution in [0.5, 0.6) is 0 Å². The minimum absolute atomic E-state index is 0.0254. The van der Waals surface area contributed by atoms with Crippen molar-refractivity contribution in [2.24, 2.45) is 0 Å². The Balaban J connectivity index is 1.68. The molecule has 3 aromatic rings. The molecular formula is C22H18Cl3N3O7S. The first-order valence-corrected chi connectivity index (χ1v) is 13.1. The molecule has 0 bridgehead atoms. The van der Waals surface area contributed by atoms with Crippen molar-refractivity contribution in [1.82, 2.24) is 9.46 Å². The number of nitro groups is 1. The molecule has 1 aliphatic heterocycles. The monoisotopic (exact) mass is 573 g/mol. The van der Waals surface area contributed by atoms with Crippen molar-refractivity contribution < 1.29 is 27.8 Å². The van der Waals surface area contributed by atoms with Gasteiger partial charge in [0.05, 0.1) is 15.0 Å². The van der Waals surface area contributed by atoms with Crippen LogP contribution in [0.3, 0.4) is 0 Å². The van der Waals surface area contributed by atoms with Gasteiger partial charge in [0.15, 0.2) is 10.7 Å². The van der Waals surface area contributed by atoms with Crippen molar-refractivity contribution in [2.75, 3.05) is 13.1 Å². The van der Waals surface area contributed by atoms with Crippen molar-refractivity contribution in [3.8, 4) is 11.3 Å². The fourth-order valence-corrected chi connectivity index (χ4v) is 6.85. The molecule has 14 heteroatoms. The number of carbonyl (C=O) groups is 1. The molecule has 0 spiro atoms. The topological polar surface area (TPSA) is 144 Å². The van der Waals surface area contributed by atoms with Gasteiger partial charge in [0.1, 0.15) is 11.3 Å². The van der Waals surface area contributed by atoms with Crippen LogP contribution in [-0.2, 0) is 15.4 Å². The Morgan fingerprint density at radius 3 is 2.31 bits per heavy atom. The van der Waals surface area contributed by atoms with Gasteiger partial charge < -0.3 is 9.63 Å². The zero-order valence-electron chi connectivity index (χ0n) is 18.6. The standard InChI is InChI=1S/C22H18Cl3N3O7S/c1-22(6-8-27(9-7-22)36(33,34)16-5-3-2-4-15(16)28(31)32)20-18(21(29)30)19(26-35-20)17-13(24)10-12(23)11-14(17)25/h2-5,10-11H,6-9H2,1H3,(H,29,30). The van der Waals surface area contributed by atoms with E-state index in [9.17, 15) is 28.4 Å². The Hall–Kier alpha value is -2.70. The number of aromatic nitrogens is 1. The van der Waals surface area contributed by atoms with Crippen LogP contribution in [0, 0.1) is 10.1 Å². The third-order valence-electron chi connectivity index (χ3n) is 6.20. The summed E-state index contributed by atoms with van der Waals surface area (Å²) in [6, 6.07) is 7.92. The highest BCUT2D eigenvalue weighted by atomic mass is 35.5. The molecule has 2 heterocycles. The molecule has 1 N–H and O–H groups in total. The summed E-state index contributed by atoms with van der Waals surface area (Å²) in [5.74, 6) is -1.27. The molecule has 10 nitrogen and oxygen atoms in total. The molecule has 2 aromatic carbocycles. The second-order valence-electron chi connectivity index (χ2n) is 8.47. The molecule has 0 atom stereocenters. The van der Waals surface area contributed by atoms with Gasteiger partial charge in [-0.25, -0.2) is 13.2 Å². The lowest BCUT2D eigenvalue weighted by Crippen LogP contribution is -2.44. The van der Waals surface area contributed by atoms with Crippen LogP contribution < -0.4 is 0 Å². The molecule has 0 radical (unpaired) electrons. The van der Waals surface area contributed by atoms with E-state index in [0.29, 0.717) is 0 Å². The van der Waals surface area contributed by atoms with Crippen LogP contribution in [0.25, 0.3) is 11.3 Å². The van der Waals surface area contributed by atoms with Crippen LogP contribution in [-0.4, -0.2) is 47.0 Å². The number of halogens is 3. The summed E-state index contributed by atoms with van der Waals surface area (Å²) in [4.78, 5) is 22.5. The van der Waals surface area contributed by atoms with Crippen molar-refractivity contribution >= 4 is 56.5 Å². The summed E-state index contributed by atoms with van der Waals surface area (Å²) in [5.41, 5.74) is -1.58. The van der Waals surface area contributed by atoms with Gasteiger partial charge in [-0.3, -0.25) is 10.1 Å². The SMILES string of the molecule is CC1(c2onc(-c3c(Cl)cc(Cl)cc3Cl)c2C(=O)O)CCN(S(=O)(=O)c2ccccc2[N+](=O)[O-])CC1. The van der Waals surface area contributed by atoms with Crippen LogP contribution in [0.1, 0.15) is 35.9 Å². The Labute approximate surface area is 220 Å². The van der Waals surface area contributed by atoms with Crippen LogP contribution in [0.4, 0.5) is 5.69 Å². The summed E-state index contributed by atoms with van der Waals surface area (Å²) in [6.45, 7) is 1.69. The molecule has 1 saturated heterocycles. The molecule has 0 aliphatic carbocycles. The van der Waals surface area contributed by atoms with Gasteiger partial charge in [0.25, 0.3) is 5.69 Å². The second-order valence-corrected chi connectivity index (χ2v) is 11.6. The number of rotatable bonds is 6. The normalized spacial score (nSPS) is 16.1. The average Bonchev–Trinajstić information content (AvgIpc) is 3.24. The minimum Gasteiger partial charge on any atom is -0.477 e. The number of sulfonamides is 1. The van der Waals surface area contributed by atoms with E-state index in [1.54, 1.807) is 6.92 Å². The molecule has 4 rings (SSSR count). The maximum Gasteiger partial charge on any atom is 0.341 e. The average molecular weight is 575 g/mol. The van der Waals surface area contributed by atoms with Gasteiger partial charge in [0, 0.05) is 35.2 Å². The second kappa shape index (κ2) is 9.64. The number of para-hydroxylation sites is 1. The van der Waals surface area contributed by atoms with Crippen molar-refractivity contribution in [3.05, 3.63) is 72.9 Å².